The van der Waals surface area contributed by atoms with Gasteiger partial charge >= 0.3 is 0 Å². The zero-order valence-corrected chi connectivity index (χ0v) is 7.41. The molecule has 0 aliphatic heterocycles. The molecule has 2 nitrogen and oxygen atoms in total. The molecule has 2 heteroatoms. The van der Waals surface area contributed by atoms with Crippen LogP contribution in [0.4, 0.5) is 0 Å². The van der Waals surface area contributed by atoms with Gasteiger partial charge in [0.2, 0.25) is 0 Å². The van der Waals surface area contributed by atoms with Gasteiger partial charge < -0.3 is 5.11 Å². The quantitative estimate of drug-likeness (QED) is 0.675. The van der Waals surface area contributed by atoms with E-state index in [-0.39, 0.29) is 0 Å². The second-order valence-corrected chi connectivity index (χ2v) is 3.09. The first kappa shape index (κ1) is 8.94. The van der Waals surface area contributed by atoms with E-state index in [1.165, 1.54) is 0 Å². The highest BCUT2D eigenvalue weighted by molar-refractivity contribution is 5.26. The summed E-state index contributed by atoms with van der Waals surface area (Å²) in [5.41, 5.74) is 0.529. The zero-order valence-electron chi connectivity index (χ0n) is 7.41. The van der Waals surface area contributed by atoms with Crippen molar-refractivity contribution in [1.29, 1.82) is 0 Å². The molecule has 0 saturated heterocycles. The first-order valence-corrected chi connectivity index (χ1v) is 3.84. The van der Waals surface area contributed by atoms with Gasteiger partial charge in [-0.3, -0.25) is 4.98 Å². The first-order chi connectivity index (χ1) is 5.55. The molecule has 0 fully saturated rings. The number of rotatable bonds is 2. The van der Waals surface area contributed by atoms with Gasteiger partial charge in [0.05, 0.1) is 0 Å². The van der Waals surface area contributed by atoms with Gasteiger partial charge in [0.25, 0.3) is 0 Å². The third-order valence-electron chi connectivity index (χ3n) is 2.05. The molecule has 0 saturated carbocycles. The van der Waals surface area contributed by atoms with Gasteiger partial charge in [-0.15, -0.1) is 0 Å². The zero-order chi connectivity index (χ0) is 9.19. The van der Waals surface area contributed by atoms with Gasteiger partial charge in [-0.25, -0.2) is 0 Å². The maximum atomic E-state index is 9.92. The molecule has 1 aromatic rings. The Morgan fingerprint density at radius 2 is 2.33 bits per heavy atom. The minimum Gasteiger partial charge on any atom is -0.381 e. The van der Waals surface area contributed by atoms with Crippen molar-refractivity contribution in [3.8, 4) is 0 Å². The number of hydrogen-bond acceptors (Lipinski definition) is 2. The predicted molar refractivity (Wildman–Crippen MR) is 48.6 cm³/mol. The Morgan fingerprint density at radius 3 is 2.75 bits per heavy atom. The van der Waals surface area contributed by atoms with Gasteiger partial charge in [0, 0.05) is 18.0 Å². The fourth-order valence-corrected chi connectivity index (χ4v) is 0.897. The Kier molecular flexibility index (Phi) is 2.29. The van der Waals surface area contributed by atoms with E-state index in [4.69, 9.17) is 0 Å². The van der Waals surface area contributed by atoms with Crippen LogP contribution in [0.2, 0.25) is 0 Å². The normalized spacial score (nSPS) is 15.2. The van der Waals surface area contributed by atoms with E-state index in [1.807, 2.05) is 6.07 Å². The van der Waals surface area contributed by atoms with Gasteiger partial charge in [-0.1, -0.05) is 12.6 Å². The SMILES string of the molecule is C=C(C)C(C)(O)c1cccnc1. The van der Waals surface area contributed by atoms with Crippen molar-refractivity contribution in [2.75, 3.05) is 0 Å². The molecule has 1 aromatic heterocycles. The van der Waals surface area contributed by atoms with Crippen LogP contribution in [0.5, 0.6) is 0 Å². The second kappa shape index (κ2) is 3.07. The second-order valence-electron chi connectivity index (χ2n) is 3.09. The van der Waals surface area contributed by atoms with Crippen molar-refractivity contribution in [2.45, 2.75) is 19.4 Å². The van der Waals surface area contributed by atoms with E-state index in [9.17, 15) is 5.11 Å². The fourth-order valence-electron chi connectivity index (χ4n) is 0.897. The Bertz CT molecular complexity index is 277. The molecule has 1 rings (SSSR count). The van der Waals surface area contributed by atoms with Crippen LogP contribution in [-0.2, 0) is 5.60 Å². The summed E-state index contributed by atoms with van der Waals surface area (Å²) in [6.45, 7) is 7.24. The van der Waals surface area contributed by atoms with Crippen LogP contribution in [-0.4, -0.2) is 10.1 Å². The average Bonchev–Trinajstić information content (AvgIpc) is 2.06. The molecule has 1 heterocycles. The lowest BCUT2D eigenvalue weighted by Gasteiger charge is -2.23. The number of pyridine rings is 1. The molecular formula is C10H13NO. The molecule has 1 atom stereocenters. The molecule has 0 radical (unpaired) electrons. The molecule has 0 aliphatic carbocycles. The smallest absolute Gasteiger partial charge is 0.109 e. The first-order valence-electron chi connectivity index (χ1n) is 3.84. The monoisotopic (exact) mass is 163 g/mol. The molecule has 12 heavy (non-hydrogen) atoms. The van der Waals surface area contributed by atoms with E-state index in [0.29, 0.717) is 0 Å². The number of aliphatic hydroxyl groups is 1. The standard InChI is InChI=1S/C10H13NO/c1-8(2)10(3,12)9-5-4-6-11-7-9/h4-7,12H,1H2,2-3H3. The number of nitrogens with zero attached hydrogens (tertiary/aromatic N) is 1. The average molecular weight is 163 g/mol. The van der Waals surface area contributed by atoms with E-state index in [2.05, 4.69) is 11.6 Å². The van der Waals surface area contributed by atoms with Gasteiger partial charge in [0.15, 0.2) is 0 Å². The minimum atomic E-state index is -0.964. The van der Waals surface area contributed by atoms with Crippen molar-refractivity contribution < 1.29 is 5.11 Å². The maximum absolute atomic E-state index is 9.92. The molecule has 0 bridgehead atoms. The summed E-state index contributed by atoms with van der Waals surface area (Å²) in [4.78, 5) is 3.93. The summed E-state index contributed by atoms with van der Waals surface area (Å²) in [5, 5.41) is 9.92. The lowest BCUT2D eigenvalue weighted by atomic mass is 9.91. The Morgan fingerprint density at radius 1 is 1.67 bits per heavy atom. The highest BCUT2D eigenvalue weighted by Gasteiger charge is 2.23. The summed E-state index contributed by atoms with van der Waals surface area (Å²) >= 11 is 0. The maximum Gasteiger partial charge on any atom is 0.109 e. The Labute approximate surface area is 72.6 Å². The topological polar surface area (TPSA) is 33.1 Å². The van der Waals surface area contributed by atoms with Crippen molar-refractivity contribution in [3.63, 3.8) is 0 Å². The number of aromatic nitrogens is 1. The van der Waals surface area contributed by atoms with Crippen LogP contribution in [0.1, 0.15) is 19.4 Å². The molecule has 0 spiro atoms. The molecule has 1 N–H and O–H groups in total. The lowest BCUT2D eigenvalue weighted by molar-refractivity contribution is 0.0977. The van der Waals surface area contributed by atoms with Gasteiger partial charge in [-0.2, -0.15) is 0 Å². The summed E-state index contributed by atoms with van der Waals surface area (Å²) in [7, 11) is 0. The van der Waals surface area contributed by atoms with Crippen LogP contribution >= 0.6 is 0 Å². The molecule has 0 aromatic carbocycles. The van der Waals surface area contributed by atoms with E-state index >= 15 is 0 Å². The van der Waals surface area contributed by atoms with Crippen molar-refractivity contribution >= 4 is 0 Å². The molecule has 0 aliphatic rings. The van der Waals surface area contributed by atoms with Crippen molar-refractivity contribution in [1.82, 2.24) is 4.98 Å². The van der Waals surface area contributed by atoms with Crippen LogP contribution in [0.25, 0.3) is 0 Å². The van der Waals surface area contributed by atoms with E-state index in [0.717, 1.165) is 11.1 Å². The summed E-state index contributed by atoms with van der Waals surface area (Å²) in [6.07, 6.45) is 3.33. The highest BCUT2D eigenvalue weighted by Crippen LogP contribution is 2.26. The molecule has 64 valence electrons. The fraction of sp³-hybridized carbons (Fsp3) is 0.300. The van der Waals surface area contributed by atoms with Crippen LogP contribution in [0.15, 0.2) is 36.7 Å². The molecule has 0 amide bonds. The van der Waals surface area contributed by atoms with Gasteiger partial charge in [0.1, 0.15) is 5.60 Å². The van der Waals surface area contributed by atoms with Crippen LogP contribution < -0.4 is 0 Å². The Balaban J connectivity index is 3.06. The van der Waals surface area contributed by atoms with Crippen LogP contribution in [0.3, 0.4) is 0 Å². The third kappa shape index (κ3) is 1.53. The summed E-state index contributed by atoms with van der Waals surface area (Å²) in [5.74, 6) is 0. The predicted octanol–water partition coefficient (Wildman–Crippen LogP) is 1.87. The third-order valence-corrected chi connectivity index (χ3v) is 2.05. The Hall–Kier alpha value is -1.15. The summed E-state index contributed by atoms with van der Waals surface area (Å²) in [6, 6.07) is 3.63. The molecule has 1 unspecified atom stereocenters. The minimum absolute atomic E-state index is 0.718. The van der Waals surface area contributed by atoms with Crippen molar-refractivity contribution in [2.24, 2.45) is 0 Å². The summed E-state index contributed by atoms with van der Waals surface area (Å²) < 4.78 is 0. The molecular weight excluding hydrogens is 150 g/mol. The highest BCUT2D eigenvalue weighted by atomic mass is 16.3. The van der Waals surface area contributed by atoms with E-state index < -0.39 is 5.60 Å². The number of hydrogen-bond donors (Lipinski definition) is 1. The van der Waals surface area contributed by atoms with Crippen LogP contribution in [0, 0.1) is 0 Å². The van der Waals surface area contributed by atoms with Crippen molar-refractivity contribution in [3.05, 3.63) is 42.2 Å². The lowest BCUT2D eigenvalue weighted by Crippen LogP contribution is -2.21. The van der Waals surface area contributed by atoms with E-state index in [1.54, 1.807) is 32.3 Å². The largest absolute Gasteiger partial charge is 0.381 e. The van der Waals surface area contributed by atoms with Gasteiger partial charge in [-0.05, 0) is 25.5 Å².